The fraction of sp³-hybridized carbons (Fsp3) is 0.167. The lowest BCUT2D eigenvalue weighted by Crippen LogP contribution is -2.43. The molecule has 3 aromatic rings. The molecule has 0 aliphatic carbocycles. The van der Waals surface area contributed by atoms with Crippen molar-refractivity contribution in [2.24, 2.45) is 0 Å². The van der Waals surface area contributed by atoms with Gasteiger partial charge in [0.1, 0.15) is 5.75 Å². The summed E-state index contributed by atoms with van der Waals surface area (Å²) < 4.78 is 5.21. The van der Waals surface area contributed by atoms with Gasteiger partial charge in [0.2, 0.25) is 5.91 Å². The molecule has 0 saturated heterocycles. The Balaban J connectivity index is 1.68. The van der Waals surface area contributed by atoms with E-state index in [0.29, 0.717) is 11.3 Å². The number of methoxy groups -OCH3 is 1. The predicted octanol–water partition coefficient (Wildman–Crippen LogP) is 4.39. The molecule has 29 heavy (non-hydrogen) atoms. The van der Waals surface area contributed by atoms with Crippen molar-refractivity contribution in [2.45, 2.75) is 12.8 Å². The molecule has 1 atom stereocenters. The summed E-state index contributed by atoms with van der Waals surface area (Å²) in [6.07, 6.45) is 0. The van der Waals surface area contributed by atoms with E-state index in [9.17, 15) is 9.59 Å². The van der Waals surface area contributed by atoms with Crippen molar-refractivity contribution in [1.29, 1.82) is 0 Å². The average Bonchev–Trinajstić information content (AvgIpc) is 2.74. The Kier molecular flexibility index (Phi) is 5.04. The molecule has 3 aromatic carbocycles. The van der Waals surface area contributed by atoms with Crippen LogP contribution < -0.4 is 15.0 Å². The van der Waals surface area contributed by atoms with Crippen LogP contribution in [-0.2, 0) is 4.79 Å². The summed E-state index contributed by atoms with van der Waals surface area (Å²) in [7, 11) is 1.60. The van der Waals surface area contributed by atoms with E-state index in [2.05, 4.69) is 5.32 Å². The van der Waals surface area contributed by atoms with Crippen LogP contribution in [0.3, 0.4) is 0 Å². The van der Waals surface area contributed by atoms with Crippen molar-refractivity contribution in [2.75, 3.05) is 23.9 Å². The summed E-state index contributed by atoms with van der Waals surface area (Å²) in [6, 6.07) is 22.3. The van der Waals surface area contributed by atoms with Gasteiger partial charge in [-0.25, -0.2) is 0 Å². The van der Waals surface area contributed by atoms with E-state index in [4.69, 9.17) is 4.74 Å². The first-order valence-electron chi connectivity index (χ1n) is 9.49. The first-order valence-corrected chi connectivity index (χ1v) is 9.49. The van der Waals surface area contributed by atoms with Crippen LogP contribution in [0.4, 0.5) is 11.4 Å². The van der Waals surface area contributed by atoms with E-state index >= 15 is 0 Å². The minimum Gasteiger partial charge on any atom is -0.497 e. The van der Waals surface area contributed by atoms with Gasteiger partial charge in [-0.2, -0.15) is 0 Å². The zero-order valence-corrected chi connectivity index (χ0v) is 16.4. The molecule has 0 bridgehead atoms. The molecule has 0 aromatic heterocycles. The van der Waals surface area contributed by atoms with Crippen molar-refractivity contribution in [3.05, 3.63) is 89.5 Å². The quantitative estimate of drug-likeness (QED) is 0.724. The fourth-order valence-electron chi connectivity index (χ4n) is 3.67. The molecule has 5 heteroatoms. The Bertz CT molecular complexity index is 1060. The number of carbonyl (C=O) groups excluding carboxylic acids is 2. The van der Waals surface area contributed by atoms with Crippen molar-refractivity contribution < 1.29 is 14.3 Å². The zero-order valence-electron chi connectivity index (χ0n) is 16.4. The van der Waals surface area contributed by atoms with E-state index in [-0.39, 0.29) is 18.4 Å². The number of rotatable bonds is 4. The first-order chi connectivity index (χ1) is 14.1. The standard InChI is InChI=1S/C24H22N2O3/c1-16-6-5-7-17(14-16)25-23(27)22-15-26(18-10-12-19(29-2)13-11-18)24(28)21-9-4-3-8-20(21)22/h3-14,22H,15H2,1-2H3,(H,25,27). The number of fused-ring (bicyclic) bond motifs is 1. The highest BCUT2D eigenvalue weighted by molar-refractivity contribution is 6.11. The number of nitrogens with one attached hydrogen (secondary N) is 1. The van der Waals surface area contributed by atoms with Crippen LogP contribution >= 0.6 is 0 Å². The molecule has 0 spiro atoms. The normalized spacial score (nSPS) is 15.6. The average molecular weight is 386 g/mol. The number of carbonyl (C=O) groups is 2. The van der Waals surface area contributed by atoms with Crippen LogP contribution in [0, 0.1) is 6.92 Å². The summed E-state index contributed by atoms with van der Waals surface area (Å²) in [5.41, 5.74) is 3.87. The highest BCUT2D eigenvalue weighted by Crippen LogP contribution is 2.33. The number of hydrogen-bond acceptors (Lipinski definition) is 3. The van der Waals surface area contributed by atoms with Gasteiger partial charge in [0.15, 0.2) is 0 Å². The Morgan fingerprint density at radius 1 is 1.03 bits per heavy atom. The van der Waals surface area contributed by atoms with Crippen molar-refractivity contribution >= 4 is 23.2 Å². The third kappa shape index (κ3) is 3.72. The Labute approximate surface area is 169 Å². The summed E-state index contributed by atoms with van der Waals surface area (Å²) in [6.45, 7) is 2.26. The minimum absolute atomic E-state index is 0.106. The maximum Gasteiger partial charge on any atom is 0.258 e. The van der Waals surface area contributed by atoms with Gasteiger partial charge >= 0.3 is 0 Å². The van der Waals surface area contributed by atoms with E-state index in [1.54, 1.807) is 18.1 Å². The summed E-state index contributed by atoms with van der Waals surface area (Å²) >= 11 is 0. The number of ether oxygens (including phenoxy) is 1. The molecule has 1 aliphatic rings. The predicted molar refractivity (Wildman–Crippen MR) is 114 cm³/mol. The van der Waals surface area contributed by atoms with E-state index in [1.165, 1.54) is 0 Å². The SMILES string of the molecule is COc1ccc(N2CC(C(=O)Nc3cccc(C)c3)c3ccccc3C2=O)cc1. The highest BCUT2D eigenvalue weighted by Gasteiger charge is 2.35. The highest BCUT2D eigenvalue weighted by atomic mass is 16.5. The van der Waals surface area contributed by atoms with Gasteiger partial charge in [-0.1, -0.05) is 30.3 Å². The molecule has 1 aliphatic heterocycles. The van der Waals surface area contributed by atoms with E-state index < -0.39 is 5.92 Å². The molecule has 5 nitrogen and oxygen atoms in total. The molecular formula is C24H22N2O3. The lowest BCUT2D eigenvalue weighted by molar-refractivity contribution is -0.117. The van der Waals surface area contributed by atoms with Gasteiger partial charge in [0, 0.05) is 23.5 Å². The molecule has 0 fully saturated rings. The van der Waals surface area contributed by atoms with Crippen LogP contribution in [-0.4, -0.2) is 25.5 Å². The maximum absolute atomic E-state index is 13.2. The molecular weight excluding hydrogens is 364 g/mol. The Morgan fingerprint density at radius 3 is 2.52 bits per heavy atom. The van der Waals surface area contributed by atoms with Gasteiger partial charge in [0.05, 0.1) is 13.0 Å². The second-order valence-corrected chi connectivity index (χ2v) is 7.11. The number of nitrogens with zero attached hydrogens (tertiary/aromatic N) is 1. The van der Waals surface area contributed by atoms with Gasteiger partial charge in [0.25, 0.3) is 5.91 Å². The third-order valence-electron chi connectivity index (χ3n) is 5.16. The Hall–Kier alpha value is -3.60. The van der Waals surface area contributed by atoms with Crippen molar-refractivity contribution in [1.82, 2.24) is 0 Å². The molecule has 0 radical (unpaired) electrons. The number of aryl methyl sites for hydroxylation is 1. The second kappa shape index (κ2) is 7.80. The van der Waals surface area contributed by atoms with Crippen LogP contribution in [0.2, 0.25) is 0 Å². The number of hydrogen-bond donors (Lipinski definition) is 1. The van der Waals surface area contributed by atoms with Crippen LogP contribution in [0.1, 0.15) is 27.4 Å². The molecule has 1 unspecified atom stereocenters. The molecule has 1 heterocycles. The summed E-state index contributed by atoms with van der Waals surface area (Å²) in [4.78, 5) is 27.9. The molecule has 2 amide bonds. The lowest BCUT2D eigenvalue weighted by atomic mass is 9.88. The smallest absolute Gasteiger partial charge is 0.258 e. The molecule has 1 N–H and O–H groups in total. The van der Waals surface area contributed by atoms with Crippen molar-refractivity contribution in [3.63, 3.8) is 0 Å². The third-order valence-corrected chi connectivity index (χ3v) is 5.16. The van der Waals surface area contributed by atoms with Crippen LogP contribution in [0.15, 0.2) is 72.8 Å². The topological polar surface area (TPSA) is 58.6 Å². The van der Waals surface area contributed by atoms with Gasteiger partial charge in [-0.05, 0) is 60.5 Å². The summed E-state index contributed by atoms with van der Waals surface area (Å²) in [5, 5.41) is 3.00. The number of benzene rings is 3. The fourth-order valence-corrected chi connectivity index (χ4v) is 3.67. The molecule has 4 rings (SSSR count). The number of anilines is 2. The molecule has 146 valence electrons. The summed E-state index contributed by atoms with van der Waals surface area (Å²) in [5.74, 6) is 0.0123. The lowest BCUT2D eigenvalue weighted by Gasteiger charge is -2.33. The van der Waals surface area contributed by atoms with Crippen LogP contribution in [0.5, 0.6) is 5.75 Å². The zero-order chi connectivity index (χ0) is 20.4. The maximum atomic E-state index is 13.2. The number of amides is 2. The van der Waals surface area contributed by atoms with Gasteiger partial charge in [-0.15, -0.1) is 0 Å². The van der Waals surface area contributed by atoms with Crippen LogP contribution in [0.25, 0.3) is 0 Å². The largest absolute Gasteiger partial charge is 0.497 e. The van der Waals surface area contributed by atoms with Gasteiger partial charge in [-0.3, -0.25) is 9.59 Å². The monoisotopic (exact) mass is 386 g/mol. The second-order valence-electron chi connectivity index (χ2n) is 7.11. The van der Waals surface area contributed by atoms with E-state index in [0.717, 1.165) is 22.5 Å². The molecule has 0 saturated carbocycles. The minimum atomic E-state index is -0.466. The van der Waals surface area contributed by atoms with Crippen molar-refractivity contribution in [3.8, 4) is 5.75 Å². The Morgan fingerprint density at radius 2 is 1.79 bits per heavy atom. The van der Waals surface area contributed by atoms with Gasteiger partial charge < -0.3 is 15.0 Å². The first kappa shape index (κ1) is 18.7. The van der Waals surface area contributed by atoms with E-state index in [1.807, 2.05) is 73.7 Å².